The molecule has 0 radical (unpaired) electrons. The zero-order valence-electron chi connectivity index (χ0n) is 12.3. The van der Waals surface area contributed by atoms with Gasteiger partial charge in [-0.1, -0.05) is 29.8 Å². The fraction of sp³-hybridized carbons (Fsp3) is 0.125. The molecule has 0 amide bonds. The molecule has 3 aromatic rings. The van der Waals surface area contributed by atoms with Gasteiger partial charge in [-0.05, 0) is 23.8 Å². The van der Waals surface area contributed by atoms with Gasteiger partial charge in [0.25, 0.3) is 5.69 Å². The molecule has 1 aromatic heterocycles. The van der Waals surface area contributed by atoms with Gasteiger partial charge in [-0.25, -0.2) is 0 Å². The van der Waals surface area contributed by atoms with Gasteiger partial charge in [-0.3, -0.25) is 20.2 Å². The molecule has 0 spiro atoms. The molecule has 7 nitrogen and oxygen atoms in total. The number of nitro benzene ring substituents is 1. The first-order valence-corrected chi connectivity index (χ1v) is 7.47. The van der Waals surface area contributed by atoms with Crippen LogP contribution in [0.3, 0.4) is 0 Å². The van der Waals surface area contributed by atoms with Crippen LogP contribution in [0.1, 0.15) is 17.0 Å². The average molecular weight is 346 g/mol. The Labute approximate surface area is 141 Å². The van der Waals surface area contributed by atoms with E-state index in [9.17, 15) is 20.2 Å². The van der Waals surface area contributed by atoms with Crippen LogP contribution >= 0.6 is 11.6 Å². The number of aromatic nitrogens is 1. The second-order valence-corrected chi connectivity index (χ2v) is 5.75. The van der Waals surface area contributed by atoms with E-state index in [0.717, 1.165) is 5.52 Å². The molecule has 122 valence electrons. The number of H-pyrrole nitrogens is 1. The summed E-state index contributed by atoms with van der Waals surface area (Å²) in [7, 11) is 0. The molecule has 1 unspecified atom stereocenters. The van der Waals surface area contributed by atoms with E-state index < -0.39 is 22.3 Å². The van der Waals surface area contributed by atoms with Crippen molar-refractivity contribution in [3.63, 3.8) is 0 Å². The quantitative estimate of drug-likeness (QED) is 0.554. The van der Waals surface area contributed by atoms with Crippen LogP contribution in [-0.2, 0) is 0 Å². The Morgan fingerprint density at radius 2 is 1.83 bits per heavy atom. The van der Waals surface area contributed by atoms with Crippen molar-refractivity contribution in [3.05, 3.63) is 85.0 Å². The van der Waals surface area contributed by atoms with E-state index in [-0.39, 0.29) is 5.69 Å². The minimum Gasteiger partial charge on any atom is -0.361 e. The zero-order valence-corrected chi connectivity index (χ0v) is 13.1. The van der Waals surface area contributed by atoms with Gasteiger partial charge in [0.1, 0.15) is 0 Å². The molecular weight excluding hydrogens is 334 g/mol. The van der Waals surface area contributed by atoms with Crippen LogP contribution in [0.15, 0.2) is 48.7 Å². The van der Waals surface area contributed by atoms with Crippen molar-refractivity contribution >= 4 is 28.2 Å². The van der Waals surface area contributed by atoms with E-state index >= 15 is 0 Å². The Balaban J connectivity index is 2.22. The molecule has 0 saturated heterocycles. The van der Waals surface area contributed by atoms with Crippen molar-refractivity contribution < 1.29 is 9.85 Å². The monoisotopic (exact) mass is 345 g/mol. The lowest BCUT2D eigenvalue weighted by molar-refractivity contribution is -0.482. The predicted octanol–water partition coefficient (Wildman–Crippen LogP) is 4.14. The summed E-state index contributed by atoms with van der Waals surface area (Å²) in [5.74, 6) is -0.756. The standard InChI is InChI=1S/C16H12ClN3O4/c17-10-5-6-15-12(7-10)13(8-18-15)14(9-19(21)22)11-3-1-2-4-16(11)20(23)24/h1-8,14,18H,9H2. The Kier molecular flexibility index (Phi) is 4.18. The maximum Gasteiger partial charge on any atom is 0.273 e. The van der Waals surface area contributed by atoms with Gasteiger partial charge in [-0.2, -0.15) is 0 Å². The Morgan fingerprint density at radius 3 is 2.54 bits per heavy atom. The number of rotatable bonds is 5. The first kappa shape index (κ1) is 15.9. The molecule has 2 aromatic carbocycles. The SMILES string of the molecule is O=[N+]([O-])CC(c1ccccc1[N+](=O)[O-])c1c[nH]c2ccc(Cl)cc12. The van der Waals surface area contributed by atoms with E-state index in [0.29, 0.717) is 21.5 Å². The maximum atomic E-state index is 11.3. The third-order valence-corrected chi connectivity index (χ3v) is 4.13. The van der Waals surface area contributed by atoms with Crippen LogP contribution < -0.4 is 0 Å². The molecule has 0 aliphatic heterocycles. The number of para-hydroxylation sites is 1. The van der Waals surface area contributed by atoms with Crippen molar-refractivity contribution in [2.75, 3.05) is 6.54 Å². The molecule has 0 aliphatic rings. The Hall–Kier alpha value is -2.93. The fourth-order valence-electron chi connectivity index (χ4n) is 2.86. The molecule has 1 atom stereocenters. The zero-order chi connectivity index (χ0) is 17.3. The summed E-state index contributed by atoms with van der Waals surface area (Å²) in [5.41, 5.74) is 1.54. The van der Waals surface area contributed by atoms with Gasteiger partial charge in [0.05, 0.1) is 10.8 Å². The molecule has 0 saturated carbocycles. The Morgan fingerprint density at radius 1 is 1.08 bits per heavy atom. The number of halogens is 1. The van der Waals surface area contributed by atoms with E-state index in [2.05, 4.69) is 4.98 Å². The van der Waals surface area contributed by atoms with E-state index in [1.807, 2.05) is 0 Å². The van der Waals surface area contributed by atoms with Crippen molar-refractivity contribution in [2.45, 2.75) is 5.92 Å². The second-order valence-electron chi connectivity index (χ2n) is 5.32. The third-order valence-electron chi connectivity index (χ3n) is 3.89. The van der Waals surface area contributed by atoms with Gasteiger partial charge in [-0.15, -0.1) is 0 Å². The van der Waals surface area contributed by atoms with E-state index in [1.165, 1.54) is 12.1 Å². The number of aromatic amines is 1. The van der Waals surface area contributed by atoms with Crippen molar-refractivity contribution in [1.82, 2.24) is 4.98 Å². The summed E-state index contributed by atoms with van der Waals surface area (Å²) < 4.78 is 0. The summed E-state index contributed by atoms with van der Waals surface area (Å²) in [6, 6.07) is 11.2. The van der Waals surface area contributed by atoms with Crippen LogP contribution in [0.5, 0.6) is 0 Å². The molecule has 0 aliphatic carbocycles. The number of nitrogens with zero attached hydrogens (tertiary/aromatic N) is 2. The number of fused-ring (bicyclic) bond motifs is 1. The van der Waals surface area contributed by atoms with Gasteiger partial charge in [0.2, 0.25) is 6.54 Å². The highest BCUT2D eigenvalue weighted by atomic mass is 35.5. The molecular formula is C16H12ClN3O4. The first-order chi connectivity index (χ1) is 11.5. The molecule has 1 heterocycles. The van der Waals surface area contributed by atoms with Crippen molar-refractivity contribution in [2.24, 2.45) is 0 Å². The molecule has 0 fully saturated rings. The molecule has 3 rings (SSSR count). The first-order valence-electron chi connectivity index (χ1n) is 7.09. The van der Waals surface area contributed by atoms with Gasteiger partial charge >= 0.3 is 0 Å². The molecule has 8 heteroatoms. The van der Waals surface area contributed by atoms with Crippen LogP contribution in [0.2, 0.25) is 5.02 Å². The lowest BCUT2D eigenvalue weighted by Crippen LogP contribution is -2.15. The lowest BCUT2D eigenvalue weighted by Gasteiger charge is -2.13. The van der Waals surface area contributed by atoms with Crippen LogP contribution in [0, 0.1) is 20.2 Å². The molecule has 24 heavy (non-hydrogen) atoms. The highest BCUT2D eigenvalue weighted by Gasteiger charge is 2.29. The van der Waals surface area contributed by atoms with Crippen LogP contribution in [0.25, 0.3) is 10.9 Å². The smallest absolute Gasteiger partial charge is 0.273 e. The second kappa shape index (κ2) is 6.29. The van der Waals surface area contributed by atoms with Crippen LogP contribution in [0.4, 0.5) is 5.69 Å². The van der Waals surface area contributed by atoms with Crippen LogP contribution in [-0.4, -0.2) is 21.4 Å². The van der Waals surface area contributed by atoms with Crippen molar-refractivity contribution in [1.29, 1.82) is 0 Å². The minimum atomic E-state index is -0.756. The van der Waals surface area contributed by atoms with E-state index in [4.69, 9.17) is 11.6 Å². The maximum absolute atomic E-state index is 11.3. The summed E-state index contributed by atoms with van der Waals surface area (Å²) in [4.78, 5) is 24.5. The van der Waals surface area contributed by atoms with Gasteiger partial charge in [0, 0.05) is 38.7 Å². The number of benzene rings is 2. The predicted molar refractivity (Wildman–Crippen MR) is 90.1 cm³/mol. The van der Waals surface area contributed by atoms with Gasteiger partial charge in [0.15, 0.2) is 0 Å². The summed E-state index contributed by atoms with van der Waals surface area (Å²) in [6.45, 7) is -0.454. The number of nitro groups is 2. The lowest BCUT2D eigenvalue weighted by atomic mass is 9.90. The Bertz CT molecular complexity index is 938. The molecule has 1 N–H and O–H groups in total. The largest absolute Gasteiger partial charge is 0.361 e. The normalized spacial score (nSPS) is 12.2. The minimum absolute atomic E-state index is 0.138. The average Bonchev–Trinajstić information content (AvgIpc) is 2.95. The van der Waals surface area contributed by atoms with E-state index in [1.54, 1.807) is 36.5 Å². The summed E-state index contributed by atoms with van der Waals surface area (Å²) in [6.07, 6.45) is 1.64. The number of nitrogens with one attached hydrogen (secondary N) is 1. The molecule has 0 bridgehead atoms. The highest BCUT2D eigenvalue weighted by molar-refractivity contribution is 6.31. The number of hydrogen-bond acceptors (Lipinski definition) is 4. The van der Waals surface area contributed by atoms with Gasteiger partial charge < -0.3 is 4.98 Å². The fourth-order valence-corrected chi connectivity index (χ4v) is 3.04. The summed E-state index contributed by atoms with van der Waals surface area (Å²) >= 11 is 6.03. The van der Waals surface area contributed by atoms with Crippen molar-refractivity contribution in [3.8, 4) is 0 Å². The third kappa shape index (κ3) is 2.93. The highest BCUT2D eigenvalue weighted by Crippen LogP contribution is 2.36. The summed E-state index contributed by atoms with van der Waals surface area (Å²) in [5, 5.41) is 23.7. The number of hydrogen-bond donors (Lipinski definition) is 1. The topological polar surface area (TPSA) is 102 Å².